The van der Waals surface area contributed by atoms with Crippen molar-refractivity contribution in [3.05, 3.63) is 30.0 Å². The average Bonchev–Trinajstić information content (AvgIpc) is 2.63. The van der Waals surface area contributed by atoms with Crippen LogP contribution in [0.15, 0.2) is 22.9 Å². The van der Waals surface area contributed by atoms with Crippen molar-refractivity contribution in [1.82, 2.24) is 20.3 Å². The molecule has 0 amide bonds. The zero-order valence-corrected chi connectivity index (χ0v) is 7.64. The Labute approximate surface area is 80.4 Å². The fourth-order valence-corrected chi connectivity index (χ4v) is 0.979. The van der Waals surface area contributed by atoms with E-state index in [-0.39, 0.29) is 0 Å². The van der Waals surface area contributed by atoms with Gasteiger partial charge < -0.3 is 9.84 Å². The Morgan fingerprint density at radius 2 is 2.43 bits per heavy atom. The van der Waals surface area contributed by atoms with Crippen LogP contribution in [-0.2, 0) is 6.54 Å². The number of rotatable bonds is 3. The first-order chi connectivity index (χ1) is 6.84. The molecule has 0 unspecified atom stereocenters. The number of hydrogen-bond donors (Lipinski definition) is 1. The molecule has 0 bridgehead atoms. The van der Waals surface area contributed by atoms with Crippen LogP contribution in [0.2, 0.25) is 0 Å². The van der Waals surface area contributed by atoms with E-state index in [1.54, 1.807) is 19.2 Å². The number of nitrogens with zero attached hydrogens (tertiary/aromatic N) is 4. The van der Waals surface area contributed by atoms with E-state index in [1.165, 1.54) is 0 Å². The highest BCUT2D eigenvalue weighted by Gasteiger charge is 2.01. The second kappa shape index (κ2) is 3.82. The van der Waals surface area contributed by atoms with E-state index in [0.29, 0.717) is 24.1 Å². The summed E-state index contributed by atoms with van der Waals surface area (Å²) in [5, 5.41) is 14.3. The van der Waals surface area contributed by atoms with Gasteiger partial charge in [-0.2, -0.15) is 10.1 Å². The van der Waals surface area contributed by atoms with E-state index in [1.807, 2.05) is 6.07 Å². The van der Waals surface area contributed by atoms with Crippen LogP contribution >= 0.6 is 0 Å². The van der Waals surface area contributed by atoms with Gasteiger partial charge in [-0.05, 0) is 12.1 Å². The van der Waals surface area contributed by atoms with Crippen molar-refractivity contribution in [2.75, 3.05) is 5.32 Å². The summed E-state index contributed by atoms with van der Waals surface area (Å²) in [7, 11) is 0. The van der Waals surface area contributed by atoms with Gasteiger partial charge in [-0.1, -0.05) is 5.16 Å². The molecule has 0 saturated carbocycles. The molecule has 2 heterocycles. The van der Waals surface area contributed by atoms with Crippen LogP contribution in [0, 0.1) is 6.92 Å². The Morgan fingerprint density at radius 3 is 3.07 bits per heavy atom. The average molecular weight is 191 g/mol. The summed E-state index contributed by atoms with van der Waals surface area (Å²) in [6.07, 6.45) is 1.61. The number of hydrogen-bond acceptors (Lipinski definition) is 6. The maximum Gasteiger partial charge on any atom is 0.223 e. The van der Waals surface area contributed by atoms with Crippen LogP contribution in [0.25, 0.3) is 0 Å². The minimum atomic E-state index is 0.482. The van der Waals surface area contributed by atoms with Crippen molar-refractivity contribution >= 4 is 5.82 Å². The van der Waals surface area contributed by atoms with Crippen LogP contribution in [0.5, 0.6) is 0 Å². The molecule has 0 aliphatic carbocycles. The Kier molecular flexibility index (Phi) is 2.35. The Balaban J connectivity index is 1.95. The summed E-state index contributed by atoms with van der Waals surface area (Å²) in [4.78, 5) is 4.04. The van der Waals surface area contributed by atoms with Crippen LogP contribution in [0.3, 0.4) is 0 Å². The summed E-state index contributed by atoms with van der Waals surface area (Å²) in [6.45, 7) is 2.23. The quantitative estimate of drug-likeness (QED) is 0.772. The molecule has 6 nitrogen and oxygen atoms in total. The molecule has 0 saturated heterocycles. The molecule has 0 atom stereocenters. The van der Waals surface area contributed by atoms with E-state index in [9.17, 15) is 0 Å². The molecule has 14 heavy (non-hydrogen) atoms. The molecule has 2 aromatic rings. The molecule has 72 valence electrons. The fourth-order valence-electron chi connectivity index (χ4n) is 0.979. The van der Waals surface area contributed by atoms with E-state index >= 15 is 0 Å². The predicted octanol–water partition coefficient (Wildman–Crippen LogP) is 0.780. The van der Waals surface area contributed by atoms with Gasteiger partial charge in [-0.3, -0.25) is 0 Å². The predicted molar refractivity (Wildman–Crippen MR) is 48.4 cm³/mol. The summed E-state index contributed by atoms with van der Waals surface area (Å²) >= 11 is 0. The lowest BCUT2D eigenvalue weighted by molar-refractivity contribution is 0.388. The van der Waals surface area contributed by atoms with Crippen LogP contribution in [-0.4, -0.2) is 20.3 Å². The zero-order chi connectivity index (χ0) is 9.80. The van der Waals surface area contributed by atoms with Crippen molar-refractivity contribution in [3.8, 4) is 0 Å². The minimum Gasteiger partial charge on any atom is -0.361 e. The third-order valence-corrected chi connectivity index (χ3v) is 1.57. The highest BCUT2D eigenvalue weighted by atomic mass is 16.5. The van der Waals surface area contributed by atoms with Crippen molar-refractivity contribution < 1.29 is 4.52 Å². The van der Waals surface area contributed by atoms with Crippen LogP contribution in [0.1, 0.15) is 11.7 Å². The second-order valence-electron chi connectivity index (χ2n) is 2.69. The molecule has 0 spiro atoms. The van der Waals surface area contributed by atoms with Gasteiger partial charge in [0, 0.05) is 13.1 Å². The van der Waals surface area contributed by atoms with Crippen LogP contribution in [0.4, 0.5) is 5.82 Å². The smallest absolute Gasteiger partial charge is 0.223 e. The van der Waals surface area contributed by atoms with E-state index in [2.05, 4.69) is 25.7 Å². The molecular formula is C8H9N5O. The standard InChI is InChI=1S/C8H9N5O/c1-6-11-8(13-14-6)5-9-7-3-2-4-10-12-7/h2-4H,5H2,1H3,(H,9,12). The maximum absolute atomic E-state index is 4.82. The van der Waals surface area contributed by atoms with Gasteiger partial charge in [0.2, 0.25) is 5.89 Å². The van der Waals surface area contributed by atoms with Crippen LogP contribution < -0.4 is 5.32 Å². The molecule has 0 fully saturated rings. The van der Waals surface area contributed by atoms with E-state index < -0.39 is 0 Å². The van der Waals surface area contributed by atoms with Crippen molar-refractivity contribution in [2.45, 2.75) is 13.5 Å². The molecule has 2 rings (SSSR count). The minimum absolute atomic E-state index is 0.482. The largest absolute Gasteiger partial charge is 0.361 e. The first kappa shape index (κ1) is 8.61. The lowest BCUT2D eigenvalue weighted by Crippen LogP contribution is -2.03. The molecule has 2 aromatic heterocycles. The van der Waals surface area contributed by atoms with E-state index in [0.717, 1.165) is 0 Å². The Morgan fingerprint density at radius 1 is 1.50 bits per heavy atom. The summed E-state index contributed by atoms with van der Waals surface area (Å²) in [5.74, 6) is 1.85. The number of aryl methyl sites for hydroxylation is 1. The lowest BCUT2D eigenvalue weighted by atomic mass is 10.5. The first-order valence-electron chi connectivity index (χ1n) is 4.15. The number of aromatic nitrogens is 4. The second-order valence-corrected chi connectivity index (χ2v) is 2.69. The lowest BCUT2D eigenvalue weighted by Gasteiger charge is -1.98. The molecule has 6 heteroatoms. The van der Waals surface area contributed by atoms with Gasteiger partial charge >= 0.3 is 0 Å². The van der Waals surface area contributed by atoms with Gasteiger partial charge in [0.15, 0.2) is 5.82 Å². The molecule has 0 aromatic carbocycles. The van der Waals surface area contributed by atoms with Gasteiger partial charge in [-0.25, -0.2) is 0 Å². The van der Waals surface area contributed by atoms with Gasteiger partial charge in [0.05, 0.1) is 6.54 Å². The summed E-state index contributed by atoms with van der Waals surface area (Å²) < 4.78 is 4.82. The molecular weight excluding hydrogens is 182 g/mol. The summed E-state index contributed by atoms with van der Waals surface area (Å²) in [5.41, 5.74) is 0. The third-order valence-electron chi connectivity index (χ3n) is 1.57. The van der Waals surface area contributed by atoms with Crippen molar-refractivity contribution in [2.24, 2.45) is 0 Å². The van der Waals surface area contributed by atoms with Crippen molar-refractivity contribution in [3.63, 3.8) is 0 Å². The fraction of sp³-hybridized carbons (Fsp3) is 0.250. The molecule has 0 aliphatic rings. The Hall–Kier alpha value is -1.98. The van der Waals surface area contributed by atoms with Gasteiger partial charge in [0.1, 0.15) is 5.82 Å². The topological polar surface area (TPSA) is 76.7 Å². The van der Waals surface area contributed by atoms with Crippen molar-refractivity contribution in [1.29, 1.82) is 0 Å². The highest BCUT2D eigenvalue weighted by Crippen LogP contribution is 2.01. The van der Waals surface area contributed by atoms with E-state index in [4.69, 9.17) is 4.52 Å². The normalized spacial score (nSPS) is 10.1. The number of anilines is 1. The molecule has 0 radical (unpaired) electrons. The summed E-state index contributed by atoms with van der Waals surface area (Å²) in [6, 6.07) is 3.62. The monoisotopic (exact) mass is 191 g/mol. The Bertz CT molecular complexity index is 399. The molecule has 1 N–H and O–H groups in total. The van der Waals surface area contributed by atoms with Gasteiger partial charge in [-0.15, -0.1) is 5.10 Å². The first-order valence-corrected chi connectivity index (χ1v) is 4.15. The maximum atomic E-state index is 4.82. The third kappa shape index (κ3) is 2.03. The SMILES string of the molecule is Cc1nc(CNc2cccnn2)no1. The molecule has 0 aliphatic heterocycles. The number of nitrogens with one attached hydrogen (secondary N) is 1. The zero-order valence-electron chi connectivity index (χ0n) is 7.64. The highest BCUT2D eigenvalue weighted by molar-refractivity contribution is 5.31. The van der Waals surface area contributed by atoms with Gasteiger partial charge in [0.25, 0.3) is 0 Å².